The Bertz CT molecular complexity index is 296. The number of nitrogens with two attached hydrogens (primary N) is 1. The summed E-state index contributed by atoms with van der Waals surface area (Å²) in [6.45, 7) is 2.80. The Morgan fingerprint density at radius 3 is 2.33 bits per heavy atom. The molecular weight excluding hydrogens is 240 g/mol. The summed E-state index contributed by atoms with van der Waals surface area (Å²) in [5, 5.41) is 15.9. The van der Waals surface area contributed by atoms with E-state index in [1.807, 2.05) is 6.92 Å². The minimum Gasteiger partial charge on any atom is -0.481 e. The number of primary amides is 1. The molecule has 0 rings (SSSR count). The second-order valence-corrected chi connectivity index (χ2v) is 3.97. The smallest absolute Gasteiger partial charge is 0.314 e. The molecule has 0 saturated heterocycles. The van der Waals surface area contributed by atoms with Gasteiger partial charge in [-0.05, 0) is 12.3 Å². The number of nitrogens with one attached hydrogen (secondary N) is 3. The zero-order chi connectivity index (χ0) is 14.0. The molecule has 0 saturated carbocycles. The number of carboxylic acid groups (broad SMARTS) is 1. The number of hydrogen-bond acceptors (Lipinski definition) is 3. The molecular formula is C10H20N4O4. The van der Waals surface area contributed by atoms with Crippen molar-refractivity contribution in [3.8, 4) is 0 Å². The first kappa shape index (κ1) is 16.0. The highest BCUT2D eigenvalue weighted by atomic mass is 16.4. The number of rotatable bonds is 8. The average Bonchev–Trinajstić information content (AvgIpc) is 2.29. The third-order valence-corrected chi connectivity index (χ3v) is 2.17. The number of amides is 4. The van der Waals surface area contributed by atoms with Crippen molar-refractivity contribution in [2.45, 2.75) is 19.8 Å². The van der Waals surface area contributed by atoms with Gasteiger partial charge in [-0.1, -0.05) is 6.92 Å². The van der Waals surface area contributed by atoms with Gasteiger partial charge >= 0.3 is 18.0 Å². The lowest BCUT2D eigenvalue weighted by Gasteiger charge is -2.12. The average molecular weight is 260 g/mol. The van der Waals surface area contributed by atoms with Crippen molar-refractivity contribution in [1.29, 1.82) is 0 Å². The van der Waals surface area contributed by atoms with Crippen LogP contribution in [0.2, 0.25) is 0 Å². The van der Waals surface area contributed by atoms with Crippen LogP contribution in [-0.2, 0) is 4.79 Å². The lowest BCUT2D eigenvalue weighted by Crippen LogP contribution is -2.42. The lowest BCUT2D eigenvalue weighted by molar-refractivity contribution is -0.137. The largest absolute Gasteiger partial charge is 0.481 e. The van der Waals surface area contributed by atoms with Gasteiger partial charge in [-0.3, -0.25) is 4.79 Å². The van der Waals surface area contributed by atoms with Gasteiger partial charge in [0, 0.05) is 26.1 Å². The second kappa shape index (κ2) is 9.08. The number of carbonyl (C=O) groups is 3. The molecule has 0 aliphatic rings. The van der Waals surface area contributed by atoms with Gasteiger partial charge in [-0.25, -0.2) is 9.59 Å². The molecule has 104 valence electrons. The van der Waals surface area contributed by atoms with E-state index < -0.39 is 12.0 Å². The summed E-state index contributed by atoms with van der Waals surface area (Å²) in [5.41, 5.74) is 4.84. The van der Waals surface area contributed by atoms with Gasteiger partial charge in [-0.15, -0.1) is 0 Å². The zero-order valence-electron chi connectivity index (χ0n) is 10.4. The topological polar surface area (TPSA) is 134 Å². The van der Waals surface area contributed by atoms with Crippen LogP contribution in [0, 0.1) is 5.92 Å². The Kier molecular flexibility index (Phi) is 8.08. The van der Waals surface area contributed by atoms with E-state index in [2.05, 4.69) is 16.0 Å². The third-order valence-electron chi connectivity index (χ3n) is 2.17. The van der Waals surface area contributed by atoms with E-state index in [0.717, 1.165) is 0 Å². The molecule has 6 N–H and O–H groups in total. The monoisotopic (exact) mass is 260 g/mol. The van der Waals surface area contributed by atoms with Crippen LogP contribution in [-0.4, -0.2) is 42.8 Å². The summed E-state index contributed by atoms with van der Waals surface area (Å²) in [6.07, 6.45) is 0.603. The maximum absolute atomic E-state index is 11.2. The quantitative estimate of drug-likeness (QED) is 0.374. The van der Waals surface area contributed by atoms with Crippen LogP contribution in [0.25, 0.3) is 0 Å². The van der Waals surface area contributed by atoms with Crippen LogP contribution in [0.3, 0.4) is 0 Å². The van der Waals surface area contributed by atoms with Crippen LogP contribution in [0.15, 0.2) is 0 Å². The van der Waals surface area contributed by atoms with Gasteiger partial charge in [0.1, 0.15) is 0 Å². The first-order valence-electron chi connectivity index (χ1n) is 5.68. The summed E-state index contributed by atoms with van der Waals surface area (Å²) < 4.78 is 0. The molecule has 8 heteroatoms. The molecule has 8 nitrogen and oxygen atoms in total. The second-order valence-electron chi connectivity index (χ2n) is 3.97. The number of carbonyl (C=O) groups excluding carboxylic acids is 2. The predicted molar refractivity (Wildman–Crippen MR) is 65.0 cm³/mol. The van der Waals surface area contributed by atoms with Gasteiger partial charge in [0.15, 0.2) is 0 Å². The number of hydrogen-bond donors (Lipinski definition) is 5. The molecule has 0 radical (unpaired) electrons. The molecule has 0 aromatic carbocycles. The molecule has 0 aromatic heterocycles. The van der Waals surface area contributed by atoms with Gasteiger partial charge in [0.05, 0.1) is 0 Å². The fourth-order valence-corrected chi connectivity index (χ4v) is 1.16. The molecule has 0 spiro atoms. The molecule has 4 amide bonds. The number of urea groups is 2. The first-order chi connectivity index (χ1) is 8.41. The Hall–Kier alpha value is -1.99. The van der Waals surface area contributed by atoms with Crippen molar-refractivity contribution < 1.29 is 19.5 Å². The fraction of sp³-hybridized carbons (Fsp3) is 0.700. The summed E-state index contributed by atoms with van der Waals surface area (Å²) >= 11 is 0. The molecule has 0 heterocycles. The zero-order valence-corrected chi connectivity index (χ0v) is 10.4. The third kappa shape index (κ3) is 10.5. The summed E-state index contributed by atoms with van der Waals surface area (Å²) in [5.74, 6) is -0.751. The maximum atomic E-state index is 11.2. The highest BCUT2D eigenvalue weighted by molar-refractivity contribution is 5.74. The van der Waals surface area contributed by atoms with Crippen LogP contribution in [0.5, 0.6) is 0 Å². The Balaban J connectivity index is 3.51. The van der Waals surface area contributed by atoms with Crippen LogP contribution in [0.4, 0.5) is 9.59 Å². The van der Waals surface area contributed by atoms with Crippen LogP contribution >= 0.6 is 0 Å². The Morgan fingerprint density at radius 2 is 1.78 bits per heavy atom. The molecule has 0 bridgehead atoms. The van der Waals surface area contributed by atoms with Crippen molar-refractivity contribution in [1.82, 2.24) is 16.0 Å². The van der Waals surface area contributed by atoms with Crippen molar-refractivity contribution >= 4 is 18.0 Å². The van der Waals surface area contributed by atoms with E-state index in [-0.39, 0.29) is 31.5 Å². The first-order valence-corrected chi connectivity index (χ1v) is 5.68. The summed E-state index contributed by atoms with van der Waals surface area (Å²) in [6, 6.07) is -0.997. The number of carboxylic acids is 1. The van der Waals surface area contributed by atoms with Crippen molar-refractivity contribution in [2.75, 3.05) is 19.6 Å². The van der Waals surface area contributed by atoms with E-state index in [4.69, 9.17) is 10.8 Å². The lowest BCUT2D eigenvalue weighted by atomic mass is 10.1. The minimum absolute atomic E-state index is 0.0903. The minimum atomic E-state index is -0.844. The standard InChI is InChI=1S/C10H20N4O4/c1-7(2-3-8(15)16)6-14-10(18)13-5-4-12-9(11)17/h7H,2-6H2,1H3,(H,15,16)(H3,11,12,17)(H2,13,14,18). The van der Waals surface area contributed by atoms with Crippen molar-refractivity contribution in [3.05, 3.63) is 0 Å². The molecule has 1 atom stereocenters. The van der Waals surface area contributed by atoms with E-state index >= 15 is 0 Å². The number of aliphatic carboxylic acids is 1. The Labute approximate surface area is 105 Å². The van der Waals surface area contributed by atoms with E-state index in [0.29, 0.717) is 13.0 Å². The normalized spacial score (nSPS) is 11.4. The van der Waals surface area contributed by atoms with Gasteiger partial charge in [-0.2, -0.15) is 0 Å². The van der Waals surface area contributed by atoms with Gasteiger partial charge < -0.3 is 26.8 Å². The highest BCUT2D eigenvalue weighted by Gasteiger charge is 2.07. The molecule has 0 aliphatic heterocycles. The maximum Gasteiger partial charge on any atom is 0.314 e. The van der Waals surface area contributed by atoms with E-state index in [9.17, 15) is 14.4 Å². The molecule has 1 unspecified atom stereocenters. The molecule has 18 heavy (non-hydrogen) atoms. The molecule has 0 aromatic rings. The van der Waals surface area contributed by atoms with Crippen molar-refractivity contribution in [2.24, 2.45) is 11.7 Å². The van der Waals surface area contributed by atoms with Crippen LogP contribution in [0.1, 0.15) is 19.8 Å². The SMILES string of the molecule is CC(CCC(=O)O)CNC(=O)NCCNC(N)=O. The molecule has 0 aliphatic carbocycles. The van der Waals surface area contributed by atoms with Crippen molar-refractivity contribution in [3.63, 3.8) is 0 Å². The Morgan fingerprint density at radius 1 is 1.17 bits per heavy atom. The molecule has 0 fully saturated rings. The highest BCUT2D eigenvalue weighted by Crippen LogP contribution is 2.03. The fourth-order valence-electron chi connectivity index (χ4n) is 1.16. The van der Waals surface area contributed by atoms with E-state index in [1.54, 1.807) is 0 Å². The van der Waals surface area contributed by atoms with Gasteiger partial charge in [0.25, 0.3) is 0 Å². The van der Waals surface area contributed by atoms with E-state index in [1.165, 1.54) is 0 Å². The summed E-state index contributed by atoms with van der Waals surface area (Å²) in [7, 11) is 0. The summed E-state index contributed by atoms with van der Waals surface area (Å²) in [4.78, 5) is 31.9. The van der Waals surface area contributed by atoms with Gasteiger partial charge in [0.2, 0.25) is 0 Å². The predicted octanol–water partition coefficient (Wildman–Crippen LogP) is -0.545. The van der Waals surface area contributed by atoms with Crippen LogP contribution < -0.4 is 21.7 Å².